The molecule has 1 aliphatic rings. The number of carbonyl (C=O) groups is 2. The minimum atomic E-state index is -0.720. The molecule has 29 heavy (non-hydrogen) atoms. The van der Waals surface area contributed by atoms with Crippen molar-refractivity contribution < 1.29 is 9.59 Å². The van der Waals surface area contributed by atoms with E-state index in [9.17, 15) is 9.59 Å². The molecule has 2 atom stereocenters. The van der Waals surface area contributed by atoms with Crippen molar-refractivity contribution in [2.45, 2.75) is 39.7 Å². The van der Waals surface area contributed by atoms with Crippen LogP contribution in [0.3, 0.4) is 0 Å². The van der Waals surface area contributed by atoms with E-state index in [-0.39, 0.29) is 17.9 Å². The van der Waals surface area contributed by atoms with E-state index in [0.717, 1.165) is 10.6 Å². The number of piperidine rings is 1. The van der Waals surface area contributed by atoms with E-state index in [1.165, 1.54) is 5.56 Å². The van der Waals surface area contributed by atoms with Crippen LogP contribution >= 0.6 is 23.2 Å². The summed E-state index contributed by atoms with van der Waals surface area (Å²) >= 11 is 11.6. The molecule has 0 spiro atoms. The summed E-state index contributed by atoms with van der Waals surface area (Å²) in [4.78, 5) is 24.3. The van der Waals surface area contributed by atoms with Crippen LogP contribution < -0.4 is 10.6 Å². The molecule has 1 fully saturated rings. The van der Waals surface area contributed by atoms with Crippen LogP contribution in [0.25, 0.3) is 0 Å². The van der Waals surface area contributed by atoms with Crippen LogP contribution in [-0.4, -0.2) is 17.9 Å². The van der Waals surface area contributed by atoms with Gasteiger partial charge in [0.15, 0.2) is 0 Å². The molecule has 154 valence electrons. The average Bonchev–Trinajstić information content (AvgIpc) is 2.64. The van der Waals surface area contributed by atoms with Gasteiger partial charge in [0.1, 0.15) is 0 Å². The minimum Gasteiger partial charge on any atom is -0.349 e. The average molecular weight is 433 g/mol. The third-order valence-electron chi connectivity index (χ3n) is 4.89. The summed E-state index contributed by atoms with van der Waals surface area (Å²) in [5, 5.41) is 7.11. The Kier molecular flexibility index (Phi) is 7.88. The van der Waals surface area contributed by atoms with E-state index in [1.54, 1.807) is 24.3 Å². The zero-order chi connectivity index (χ0) is 21.6. The highest BCUT2D eigenvalue weighted by atomic mass is 35.5. The van der Waals surface area contributed by atoms with Crippen LogP contribution in [0, 0.1) is 12.3 Å². The second-order valence-electron chi connectivity index (χ2n) is 7.53. The summed E-state index contributed by atoms with van der Waals surface area (Å²) in [6.45, 7) is 9.59. The maximum absolute atomic E-state index is 12.7. The summed E-state index contributed by atoms with van der Waals surface area (Å²) in [5.41, 5.74) is 1.90. The van der Waals surface area contributed by atoms with Crippen molar-refractivity contribution in [1.29, 1.82) is 0 Å². The monoisotopic (exact) mass is 432 g/mol. The maximum atomic E-state index is 12.7. The fourth-order valence-corrected chi connectivity index (χ4v) is 3.70. The number of hydrogen-bond acceptors (Lipinski definition) is 2. The molecule has 2 amide bonds. The van der Waals surface area contributed by atoms with Crippen molar-refractivity contribution in [3.8, 4) is 0 Å². The lowest BCUT2D eigenvalue weighted by molar-refractivity contribution is -0.133. The van der Waals surface area contributed by atoms with Crippen LogP contribution in [0.15, 0.2) is 60.7 Å². The van der Waals surface area contributed by atoms with Crippen LogP contribution in [0.5, 0.6) is 0 Å². The standard InChI is InChI=1S/C16H19ClN2O2.C7H7Cl/c1-10(2)14-16(3,8-7-13(20)19-14)15(21)18-12-6-4-5-11(17)9-12;1-6-3-2-4-7(8)5-6/h4-6,9,14H,1,7-8H2,2-3H3,(H,18,21)(H,19,20);2-5H,1H3/t14-,16+;/m1./s1. The van der Waals surface area contributed by atoms with E-state index in [1.807, 2.05) is 45.0 Å². The molecule has 0 unspecified atom stereocenters. The van der Waals surface area contributed by atoms with Gasteiger partial charge in [-0.2, -0.15) is 0 Å². The molecule has 6 heteroatoms. The van der Waals surface area contributed by atoms with Gasteiger partial charge in [-0.05, 0) is 63.1 Å². The molecular weight excluding hydrogens is 407 g/mol. The molecule has 0 aliphatic carbocycles. The first kappa shape index (κ1) is 23.0. The first-order chi connectivity index (χ1) is 13.6. The van der Waals surface area contributed by atoms with Crippen molar-refractivity contribution in [2.75, 3.05) is 5.32 Å². The quantitative estimate of drug-likeness (QED) is 0.602. The van der Waals surface area contributed by atoms with Gasteiger partial charge in [-0.15, -0.1) is 0 Å². The molecule has 2 aromatic carbocycles. The molecule has 0 bridgehead atoms. The van der Waals surface area contributed by atoms with Crippen LogP contribution in [0.1, 0.15) is 32.3 Å². The largest absolute Gasteiger partial charge is 0.349 e. The zero-order valence-electron chi connectivity index (χ0n) is 16.9. The molecule has 1 saturated heterocycles. The Morgan fingerprint density at radius 1 is 1.17 bits per heavy atom. The molecule has 1 aliphatic heterocycles. The fourth-order valence-electron chi connectivity index (χ4n) is 3.27. The Hall–Kier alpha value is -2.30. The summed E-state index contributed by atoms with van der Waals surface area (Å²) in [6.07, 6.45) is 0.825. The number of hydrogen-bond donors (Lipinski definition) is 2. The molecule has 3 rings (SSSR count). The molecular formula is C23H26Cl2N2O2. The van der Waals surface area contributed by atoms with E-state index in [4.69, 9.17) is 23.2 Å². The number of benzene rings is 2. The van der Waals surface area contributed by atoms with Crippen molar-refractivity contribution in [3.05, 3.63) is 76.3 Å². The fraction of sp³-hybridized carbons (Fsp3) is 0.304. The van der Waals surface area contributed by atoms with Crippen molar-refractivity contribution >= 4 is 40.7 Å². The number of halogens is 2. The van der Waals surface area contributed by atoms with E-state index in [0.29, 0.717) is 23.6 Å². The Bertz CT molecular complexity index is 896. The summed E-state index contributed by atoms with van der Waals surface area (Å²) in [7, 11) is 0. The number of anilines is 1. The highest BCUT2D eigenvalue weighted by Gasteiger charge is 2.45. The minimum absolute atomic E-state index is 0.0453. The molecule has 2 aromatic rings. The van der Waals surface area contributed by atoms with Crippen molar-refractivity contribution in [3.63, 3.8) is 0 Å². The predicted octanol–water partition coefficient (Wildman–Crippen LogP) is 5.79. The molecule has 0 radical (unpaired) electrons. The van der Waals surface area contributed by atoms with Gasteiger partial charge in [-0.1, -0.05) is 53.6 Å². The topological polar surface area (TPSA) is 58.2 Å². The van der Waals surface area contributed by atoms with Gasteiger partial charge in [0.25, 0.3) is 0 Å². The Labute approximate surface area is 182 Å². The number of rotatable bonds is 3. The first-order valence-electron chi connectivity index (χ1n) is 9.36. The van der Waals surface area contributed by atoms with Gasteiger partial charge in [-0.25, -0.2) is 0 Å². The second kappa shape index (κ2) is 9.95. The Morgan fingerprint density at radius 3 is 2.31 bits per heavy atom. The SMILES string of the molecule is C=C(C)[C@H]1NC(=O)CC[C@]1(C)C(=O)Nc1cccc(Cl)c1.Cc1cccc(Cl)c1. The predicted molar refractivity (Wildman–Crippen MR) is 120 cm³/mol. The molecule has 0 saturated carbocycles. The van der Waals surface area contributed by atoms with Gasteiger partial charge < -0.3 is 10.6 Å². The van der Waals surface area contributed by atoms with Gasteiger partial charge in [0.2, 0.25) is 11.8 Å². The number of amides is 2. The van der Waals surface area contributed by atoms with Gasteiger partial charge in [0, 0.05) is 22.2 Å². The van der Waals surface area contributed by atoms with Gasteiger partial charge >= 0.3 is 0 Å². The van der Waals surface area contributed by atoms with E-state index in [2.05, 4.69) is 17.2 Å². The summed E-state index contributed by atoms with van der Waals surface area (Å²) < 4.78 is 0. The highest BCUT2D eigenvalue weighted by molar-refractivity contribution is 6.31. The Morgan fingerprint density at radius 2 is 1.79 bits per heavy atom. The lowest BCUT2D eigenvalue weighted by Crippen LogP contribution is -2.56. The summed E-state index contributed by atoms with van der Waals surface area (Å²) in [5.74, 6) is -0.186. The number of aryl methyl sites for hydroxylation is 1. The number of nitrogens with one attached hydrogen (secondary N) is 2. The zero-order valence-corrected chi connectivity index (χ0v) is 18.4. The smallest absolute Gasteiger partial charge is 0.232 e. The van der Waals surface area contributed by atoms with Gasteiger partial charge in [0.05, 0.1) is 11.5 Å². The lowest BCUT2D eigenvalue weighted by atomic mass is 9.72. The summed E-state index contributed by atoms with van der Waals surface area (Å²) in [6, 6.07) is 14.4. The van der Waals surface area contributed by atoms with Crippen LogP contribution in [0.2, 0.25) is 10.0 Å². The Balaban J connectivity index is 0.000000313. The van der Waals surface area contributed by atoms with Crippen LogP contribution in [-0.2, 0) is 9.59 Å². The third-order valence-corrected chi connectivity index (χ3v) is 5.36. The number of carbonyl (C=O) groups excluding carboxylic acids is 2. The van der Waals surface area contributed by atoms with E-state index < -0.39 is 5.41 Å². The second-order valence-corrected chi connectivity index (χ2v) is 8.40. The molecule has 0 aromatic heterocycles. The molecule has 1 heterocycles. The van der Waals surface area contributed by atoms with Crippen molar-refractivity contribution in [2.24, 2.45) is 5.41 Å². The molecule has 4 nitrogen and oxygen atoms in total. The third kappa shape index (κ3) is 6.34. The first-order valence-corrected chi connectivity index (χ1v) is 10.1. The molecule has 2 N–H and O–H groups in total. The van der Waals surface area contributed by atoms with Gasteiger partial charge in [-0.3, -0.25) is 9.59 Å². The lowest BCUT2D eigenvalue weighted by Gasteiger charge is -2.40. The highest BCUT2D eigenvalue weighted by Crippen LogP contribution is 2.36. The normalized spacial score (nSPS) is 20.7. The maximum Gasteiger partial charge on any atom is 0.232 e. The van der Waals surface area contributed by atoms with Crippen LogP contribution in [0.4, 0.5) is 5.69 Å². The van der Waals surface area contributed by atoms with E-state index >= 15 is 0 Å². The van der Waals surface area contributed by atoms with Crippen molar-refractivity contribution in [1.82, 2.24) is 5.32 Å².